The van der Waals surface area contributed by atoms with E-state index >= 15 is 0 Å². The van der Waals surface area contributed by atoms with Crippen LogP contribution in [0.3, 0.4) is 0 Å². The van der Waals surface area contributed by atoms with Crippen LogP contribution in [0.1, 0.15) is 13.3 Å². The summed E-state index contributed by atoms with van der Waals surface area (Å²) in [5.74, 6) is -1.19. The van der Waals surface area contributed by atoms with Crippen LogP contribution in [-0.4, -0.2) is 14.5 Å². The molecule has 0 aliphatic heterocycles. The fourth-order valence-electron chi connectivity index (χ4n) is 3.05. The van der Waals surface area contributed by atoms with E-state index in [-0.39, 0.29) is 0 Å². The molecule has 0 radical (unpaired) electrons. The Morgan fingerprint density at radius 1 is 1.04 bits per heavy atom. The van der Waals surface area contributed by atoms with E-state index in [1.54, 1.807) is 6.20 Å². The number of hydrogen-bond donors (Lipinski definition) is 1. The van der Waals surface area contributed by atoms with Crippen LogP contribution in [0, 0.1) is 11.6 Å². The number of nitrogens with one attached hydrogen (secondary N) is 1. The van der Waals surface area contributed by atoms with Gasteiger partial charge < -0.3 is 9.88 Å². The molecule has 1 aromatic carbocycles. The molecule has 0 spiro atoms. The zero-order chi connectivity index (χ0) is 17.4. The van der Waals surface area contributed by atoms with Crippen LogP contribution >= 0.6 is 0 Å². The lowest BCUT2D eigenvalue weighted by Crippen LogP contribution is -2.00. The van der Waals surface area contributed by atoms with Crippen molar-refractivity contribution in [1.29, 1.82) is 0 Å². The molecular weight excluding hydrogens is 322 g/mol. The summed E-state index contributed by atoms with van der Waals surface area (Å²) in [5, 5.41) is 5.11. The second kappa shape index (κ2) is 6.12. The monoisotopic (exact) mass is 338 g/mol. The van der Waals surface area contributed by atoms with Crippen molar-refractivity contribution in [3.8, 4) is 0 Å². The molecule has 3 aromatic heterocycles. The summed E-state index contributed by atoms with van der Waals surface area (Å²) >= 11 is 0. The van der Waals surface area contributed by atoms with Crippen molar-refractivity contribution in [1.82, 2.24) is 14.5 Å². The molecule has 126 valence electrons. The number of anilines is 2. The molecule has 0 atom stereocenters. The third kappa shape index (κ3) is 2.69. The predicted molar refractivity (Wildman–Crippen MR) is 95.0 cm³/mol. The Morgan fingerprint density at radius 3 is 2.72 bits per heavy atom. The quantitative estimate of drug-likeness (QED) is 0.568. The van der Waals surface area contributed by atoms with Crippen molar-refractivity contribution < 1.29 is 8.78 Å². The Labute approximate surface area is 143 Å². The maximum absolute atomic E-state index is 13.4. The first-order chi connectivity index (χ1) is 12.2. The lowest BCUT2D eigenvalue weighted by molar-refractivity contribution is 0.509. The highest BCUT2D eigenvalue weighted by Gasteiger charge is 2.12. The molecule has 0 saturated carbocycles. The predicted octanol–water partition coefficient (Wildman–Crippen LogP) is 5.02. The van der Waals surface area contributed by atoms with E-state index in [2.05, 4.69) is 26.8 Å². The van der Waals surface area contributed by atoms with Crippen molar-refractivity contribution in [2.45, 2.75) is 19.9 Å². The molecular formula is C19H16F2N4. The highest BCUT2D eigenvalue weighted by Crippen LogP contribution is 2.29. The Balaban J connectivity index is 1.82. The average molecular weight is 338 g/mol. The number of benzene rings is 1. The van der Waals surface area contributed by atoms with Crippen LogP contribution in [0.5, 0.6) is 0 Å². The zero-order valence-electron chi connectivity index (χ0n) is 13.6. The first kappa shape index (κ1) is 15.5. The van der Waals surface area contributed by atoms with E-state index in [0.29, 0.717) is 11.5 Å². The first-order valence-electron chi connectivity index (χ1n) is 8.12. The number of nitrogens with zero attached hydrogens (tertiary/aromatic N) is 3. The molecule has 4 nitrogen and oxygen atoms in total. The number of aryl methyl sites for hydroxylation is 1. The molecule has 0 aliphatic carbocycles. The molecule has 0 bridgehead atoms. The van der Waals surface area contributed by atoms with Gasteiger partial charge in [0, 0.05) is 41.5 Å². The Hall–Kier alpha value is -3.02. The molecule has 1 N–H and O–H groups in total. The Morgan fingerprint density at radius 2 is 1.92 bits per heavy atom. The van der Waals surface area contributed by atoms with Gasteiger partial charge in [-0.1, -0.05) is 6.92 Å². The van der Waals surface area contributed by atoms with Crippen molar-refractivity contribution in [2.75, 3.05) is 5.32 Å². The molecule has 0 amide bonds. The molecule has 4 rings (SSSR count). The standard InChI is InChI=1S/C19H16F2N4/c1-2-9-25-17-7-8-22-11-14(17)13-4-6-18(24-19(13)25)23-12-3-5-15(20)16(21)10-12/h3-8,10-11H,2,9H2,1H3,(H,23,24). The lowest BCUT2D eigenvalue weighted by atomic mass is 10.2. The maximum atomic E-state index is 13.4. The second-order valence-corrected chi connectivity index (χ2v) is 5.87. The normalized spacial score (nSPS) is 11.3. The molecule has 6 heteroatoms. The van der Waals surface area contributed by atoms with Gasteiger partial charge in [0.15, 0.2) is 11.6 Å². The van der Waals surface area contributed by atoms with Gasteiger partial charge in [0.1, 0.15) is 11.5 Å². The first-order valence-corrected chi connectivity index (χ1v) is 8.12. The average Bonchev–Trinajstić information content (AvgIpc) is 2.92. The highest BCUT2D eigenvalue weighted by atomic mass is 19.2. The minimum Gasteiger partial charge on any atom is -0.340 e. The highest BCUT2D eigenvalue weighted by molar-refractivity contribution is 6.06. The van der Waals surface area contributed by atoms with Crippen molar-refractivity contribution in [3.63, 3.8) is 0 Å². The molecule has 0 fully saturated rings. The summed E-state index contributed by atoms with van der Waals surface area (Å²) in [6.45, 7) is 2.95. The molecule has 0 unspecified atom stereocenters. The van der Waals surface area contributed by atoms with Gasteiger partial charge in [-0.2, -0.15) is 0 Å². The van der Waals surface area contributed by atoms with Gasteiger partial charge in [-0.05, 0) is 36.8 Å². The number of fused-ring (bicyclic) bond motifs is 3. The van der Waals surface area contributed by atoms with Crippen molar-refractivity contribution in [3.05, 3.63) is 60.4 Å². The zero-order valence-corrected chi connectivity index (χ0v) is 13.6. The van der Waals surface area contributed by atoms with Gasteiger partial charge >= 0.3 is 0 Å². The number of rotatable bonds is 4. The van der Waals surface area contributed by atoms with E-state index < -0.39 is 11.6 Å². The van der Waals surface area contributed by atoms with Crippen LogP contribution in [0.25, 0.3) is 21.9 Å². The molecule has 25 heavy (non-hydrogen) atoms. The Kier molecular flexibility index (Phi) is 3.80. The molecule has 0 saturated heterocycles. The molecule has 0 aliphatic rings. The summed E-state index contributed by atoms with van der Waals surface area (Å²) in [7, 11) is 0. The van der Waals surface area contributed by atoms with Crippen LogP contribution in [0.15, 0.2) is 48.8 Å². The fraction of sp³-hybridized carbons (Fsp3) is 0.158. The van der Waals surface area contributed by atoms with E-state index in [0.717, 1.165) is 47.0 Å². The van der Waals surface area contributed by atoms with Gasteiger partial charge in [0.05, 0.1) is 5.52 Å². The summed E-state index contributed by atoms with van der Waals surface area (Å²) in [6, 6.07) is 9.47. The van der Waals surface area contributed by atoms with Gasteiger partial charge in [-0.15, -0.1) is 0 Å². The van der Waals surface area contributed by atoms with Crippen LogP contribution in [0.4, 0.5) is 20.3 Å². The smallest absolute Gasteiger partial charge is 0.160 e. The molecule has 3 heterocycles. The summed E-state index contributed by atoms with van der Waals surface area (Å²) in [6.07, 6.45) is 4.59. The van der Waals surface area contributed by atoms with Crippen LogP contribution in [-0.2, 0) is 6.54 Å². The minimum absolute atomic E-state index is 0.450. The van der Waals surface area contributed by atoms with Crippen molar-refractivity contribution in [2.24, 2.45) is 0 Å². The van der Waals surface area contributed by atoms with E-state index in [9.17, 15) is 8.78 Å². The third-order valence-electron chi connectivity index (χ3n) is 4.15. The summed E-state index contributed by atoms with van der Waals surface area (Å²) in [4.78, 5) is 8.90. The third-order valence-corrected chi connectivity index (χ3v) is 4.15. The van der Waals surface area contributed by atoms with E-state index in [4.69, 9.17) is 0 Å². The van der Waals surface area contributed by atoms with Gasteiger partial charge in [-0.3, -0.25) is 4.98 Å². The lowest BCUT2D eigenvalue weighted by Gasteiger charge is -2.08. The molecule has 4 aromatic rings. The largest absolute Gasteiger partial charge is 0.340 e. The van der Waals surface area contributed by atoms with Crippen LogP contribution < -0.4 is 5.32 Å². The summed E-state index contributed by atoms with van der Waals surface area (Å²) in [5.41, 5.74) is 2.38. The topological polar surface area (TPSA) is 42.7 Å². The van der Waals surface area contributed by atoms with Crippen molar-refractivity contribution >= 4 is 33.4 Å². The SMILES string of the molecule is CCCn1c2ccncc2c2ccc(Nc3ccc(F)c(F)c3)nc21. The maximum Gasteiger partial charge on any atom is 0.160 e. The van der Waals surface area contributed by atoms with Gasteiger partial charge in [0.2, 0.25) is 0 Å². The number of hydrogen-bond acceptors (Lipinski definition) is 3. The van der Waals surface area contributed by atoms with E-state index in [1.165, 1.54) is 6.07 Å². The number of aromatic nitrogens is 3. The minimum atomic E-state index is -0.891. The van der Waals surface area contributed by atoms with E-state index in [1.807, 2.05) is 24.4 Å². The fourth-order valence-corrected chi connectivity index (χ4v) is 3.05. The summed E-state index contributed by atoms with van der Waals surface area (Å²) < 4.78 is 28.6. The second-order valence-electron chi connectivity index (χ2n) is 5.87. The van der Waals surface area contributed by atoms with Crippen LogP contribution in [0.2, 0.25) is 0 Å². The van der Waals surface area contributed by atoms with Gasteiger partial charge in [-0.25, -0.2) is 13.8 Å². The Bertz CT molecular complexity index is 1070. The van der Waals surface area contributed by atoms with Gasteiger partial charge in [0.25, 0.3) is 0 Å². The number of halogens is 2. The number of pyridine rings is 2.